The smallest absolute Gasteiger partial charge is 0.277 e. The number of ether oxygens (including phenoxy) is 1. The number of carbonyl (C=O) groups excluding carboxylic acids is 1. The van der Waals surface area contributed by atoms with Crippen LogP contribution >= 0.6 is 27.5 Å². The Bertz CT molecular complexity index is 644. The van der Waals surface area contributed by atoms with E-state index in [2.05, 4.69) is 26.5 Å². The van der Waals surface area contributed by atoms with Gasteiger partial charge in [0.2, 0.25) is 0 Å². The molecule has 2 aromatic carbocycles. The number of nitrogens with one attached hydrogen (secondary N) is 1. The van der Waals surface area contributed by atoms with Crippen molar-refractivity contribution >= 4 is 39.7 Å². The molecule has 0 atom stereocenters. The molecule has 4 nitrogen and oxygen atoms in total. The van der Waals surface area contributed by atoms with Crippen LogP contribution < -0.4 is 10.2 Å². The second kappa shape index (κ2) is 7.81. The summed E-state index contributed by atoms with van der Waals surface area (Å²) < 4.78 is 6.26. The van der Waals surface area contributed by atoms with E-state index in [9.17, 15) is 4.79 Å². The maximum atomic E-state index is 11.6. The van der Waals surface area contributed by atoms with Gasteiger partial charge in [0.15, 0.2) is 6.61 Å². The molecule has 0 aliphatic carbocycles. The number of hydrazone groups is 1. The van der Waals surface area contributed by atoms with Crippen LogP contribution in [0.5, 0.6) is 5.75 Å². The normalized spacial score (nSPS) is 10.6. The highest BCUT2D eigenvalue weighted by atomic mass is 79.9. The molecule has 6 heteroatoms. The molecule has 0 radical (unpaired) electrons. The predicted octanol–water partition coefficient (Wildman–Crippen LogP) is 3.63. The van der Waals surface area contributed by atoms with Gasteiger partial charge in [0.25, 0.3) is 5.91 Å². The number of hydrogen-bond acceptors (Lipinski definition) is 3. The van der Waals surface area contributed by atoms with Crippen LogP contribution in [0.3, 0.4) is 0 Å². The van der Waals surface area contributed by atoms with Gasteiger partial charge in [0, 0.05) is 15.1 Å². The molecule has 2 aromatic rings. The van der Waals surface area contributed by atoms with Gasteiger partial charge in [0.05, 0.1) is 6.21 Å². The van der Waals surface area contributed by atoms with Crippen molar-refractivity contribution in [2.24, 2.45) is 5.10 Å². The van der Waals surface area contributed by atoms with Crippen LogP contribution in [0.25, 0.3) is 0 Å². The lowest BCUT2D eigenvalue weighted by Gasteiger charge is -2.04. The minimum absolute atomic E-state index is 0.110. The number of amides is 1. The Hall–Kier alpha value is -1.85. The average Bonchev–Trinajstić information content (AvgIpc) is 2.49. The van der Waals surface area contributed by atoms with Gasteiger partial charge in [-0.1, -0.05) is 45.7 Å². The molecule has 21 heavy (non-hydrogen) atoms. The molecule has 2 rings (SSSR count). The Labute approximate surface area is 135 Å². The van der Waals surface area contributed by atoms with Crippen LogP contribution in [0.1, 0.15) is 5.56 Å². The van der Waals surface area contributed by atoms with Crippen molar-refractivity contribution in [3.63, 3.8) is 0 Å². The summed E-state index contributed by atoms with van der Waals surface area (Å²) in [6.45, 7) is -0.110. The molecule has 0 aliphatic rings. The summed E-state index contributed by atoms with van der Waals surface area (Å²) in [5.74, 6) is 0.268. The second-order valence-corrected chi connectivity index (χ2v) is 5.38. The third-order valence-electron chi connectivity index (χ3n) is 2.48. The largest absolute Gasteiger partial charge is 0.484 e. The van der Waals surface area contributed by atoms with Gasteiger partial charge in [-0.25, -0.2) is 5.43 Å². The second-order valence-electron chi connectivity index (χ2n) is 4.06. The molecule has 0 bridgehead atoms. The maximum Gasteiger partial charge on any atom is 0.277 e. The molecule has 108 valence electrons. The molecule has 0 aliphatic heterocycles. The van der Waals surface area contributed by atoms with Gasteiger partial charge in [-0.05, 0) is 30.3 Å². The standard InChI is InChI=1S/C15H12BrClN2O2/c16-12-5-7-13(8-6-12)21-10-15(20)19-18-9-11-3-1-2-4-14(11)17/h1-9H,10H2,(H,19,20)/b18-9+. The summed E-state index contributed by atoms with van der Waals surface area (Å²) in [7, 11) is 0. The number of carbonyl (C=O) groups is 1. The molecular weight excluding hydrogens is 356 g/mol. The van der Waals surface area contributed by atoms with Crippen LogP contribution in [-0.2, 0) is 4.79 Å². The van der Waals surface area contributed by atoms with Crippen molar-refractivity contribution in [3.8, 4) is 5.75 Å². The van der Waals surface area contributed by atoms with Crippen LogP contribution in [-0.4, -0.2) is 18.7 Å². The summed E-state index contributed by atoms with van der Waals surface area (Å²) in [5, 5.41) is 4.40. The zero-order chi connectivity index (χ0) is 15.1. The van der Waals surface area contributed by atoms with Gasteiger partial charge in [0.1, 0.15) is 5.75 Å². The van der Waals surface area contributed by atoms with E-state index in [0.29, 0.717) is 10.8 Å². The van der Waals surface area contributed by atoms with Gasteiger partial charge in [-0.2, -0.15) is 5.10 Å². The minimum atomic E-state index is -0.346. The van der Waals surface area contributed by atoms with Crippen LogP contribution in [0, 0.1) is 0 Å². The van der Waals surface area contributed by atoms with E-state index >= 15 is 0 Å². The fraction of sp³-hybridized carbons (Fsp3) is 0.0667. The molecule has 0 heterocycles. The van der Waals surface area contributed by atoms with Gasteiger partial charge < -0.3 is 4.74 Å². The van der Waals surface area contributed by atoms with E-state index in [4.69, 9.17) is 16.3 Å². The maximum absolute atomic E-state index is 11.6. The molecule has 0 aromatic heterocycles. The van der Waals surface area contributed by atoms with Crippen molar-refractivity contribution in [1.29, 1.82) is 0 Å². The highest BCUT2D eigenvalue weighted by molar-refractivity contribution is 9.10. The fourth-order valence-corrected chi connectivity index (χ4v) is 1.91. The van der Waals surface area contributed by atoms with Crippen molar-refractivity contribution < 1.29 is 9.53 Å². The van der Waals surface area contributed by atoms with Crippen LogP contribution in [0.15, 0.2) is 58.1 Å². The monoisotopic (exact) mass is 366 g/mol. The van der Waals surface area contributed by atoms with Crippen molar-refractivity contribution in [2.45, 2.75) is 0 Å². The Balaban J connectivity index is 1.80. The van der Waals surface area contributed by atoms with Crippen molar-refractivity contribution in [3.05, 3.63) is 63.6 Å². The third-order valence-corrected chi connectivity index (χ3v) is 3.35. The van der Waals surface area contributed by atoms with Crippen molar-refractivity contribution in [1.82, 2.24) is 5.43 Å². The molecule has 0 spiro atoms. The summed E-state index contributed by atoms with van der Waals surface area (Å²) in [6, 6.07) is 14.4. The van der Waals surface area contributed by atoms with E-state index in [0.717, 1.165) is 10.0 Å². The van der Waals surface area contributed by atoms with Gasteiger partial charge >= 0.3 is 0 Å². The zero-order valence-electron chi connectivity index (χ0n) is 10.9. The van der Waals surface area contributed by atoms with Crippen molar-refractivity contribution in [2.75, 3.05) is 6.61 Å². The molecule has 0 unspecified atom stereocenters. The van der Waals surface area contributed by atoms with E-state index in [1.54, 1.807) is 24.3 Å². The summed E-state index contributed by atoms with van der Waals surface area (Å²) in [5.41, 5.74) is 3.11. The quantitative estimate of drug-likeness (QED) is 0.648. The lowest BCUT2D eigenvalue weighted by Crippen LogP contribution is -2.24. The molecular formula is C15H12BrClN2O2. The third kappa shape index (κ3) is 5.21. The fourth-order valence-electron chi connectivity index (χ4n) is 1.47. The van der Waals surface area contributed by atoms with E-state index in [1.807, 2.05) is 24.3 Å². The average molecular weight is 368 g/mol. The number of halogens is 2. The van der Waals surface area contributed by atoms with E-state index in [-0.39, 0.29) is 12.5 Å². The lowest BCUT2D eigenvalue weighted by molar-refractivity contribution is -0.123. The van der Waals surface area contributed by atoms with Gasteiger partial charge in [-0.3, -0.25) is 4.79 Å². The van der Waals surface area contributed by atoms with E-state index < -0.39 is 0 Å². The molecule has 1 N–H and O–H groups in total. The van der Waals surface area contributed by atoms with Crippen LogP contribution in [0.4, 0.5) is 0 Å². The Morgan fingerprint density at radius 3 is 2.67 bits per heavy atom. The molecule has 0 fully saturated rings. The first-order valence-electron chi connectivity index (χ1n) is 6.10. The minimum Gasteiger partial charge on any atom is -0.484 e. The SMILES string of the molecule is O=C(COc1ccc(Br)cc1)N/N=C/c1ccccc1Cl. The summed E-state index contributed by atoms with van der Waals surface area (Å²) >= 11 is 9.28. The Morgan fingerprint density at radius 2 is 1.95 bits per heavy atom. The first kappa shape index (κ1) is 15.5. The number of benzene rings is 2. The lowest BCUT2D eigenvalue weighted by atomic mass is 10.2. The Kier molecular flexibility index (Phi) is 5.78. The first-order valence-corrected chi connectivity index (χ1v) is 7.27. The number of hydrogen-bond donors (Lipinski definition) is 1. The predicted molar refractivity (Wildman–Crippen MR) is 86.8 cm³/mol. The molecule has 0 saturated heterocycles. The Morgan fingerprint density at radius 1 is 1.24 bits per heavy atom. The van der Waals surface area contributed by atoms with Gasteiger partial charge in [-0.15, -0.1) is 0 Å². The topological polar surface area (TPSA) is 50.7 Å². The number of nitrogens with zero attached hydrogens (tertiary/aromatic N) is 1. The zero-order valence-corrected chi connectivity index (χ0v) is 13.3. The molecule has 1 amide bonds. The highest BCUT2D eigenvalue weighted by Crippen LogP contribution is 2.15. The summed E-state index contributed by atoms with van der Waals surface area (Å²) in [6.07, 6.45) is 1.49. The number of rotatable bonds is 5. The van der Waals surface area contributed by atoms with Crippen LogP contribution in [0.2, 0.25) is 5.02 Å². The first-order chi connectivity index (χ1) is 10.1. The molecule has 0 saturated carbocycles. The van der Waals surface area contributed by atoms with E-state index in [1.165, 1.54) is 6.21 Å². The highest BCUT2D eigenvalue weighted by Gasteiger charge is 2.01. The summed E-state index contributed by atoms with van der Waals surface area (Å²) in [4.78, 5) is 11.6.